The maximum Gasteiger partial charge on any atom is 0.276 e. The third kappa shape index (κ3) is 4.76. The molecule has 0 aromatic heterocycles. The number of hydrogen-bond acceptors (Lipinski definition) is 2. The fourth-order valence-corrected chi connectivity index (χ4v) is 5.73. The number of allylic oxidation sites excluding steroid dienone is 1. The smallest absolute Gasteiger partial charge is 0.267 e. The van der Waals surface area contributed by atoms with E-state index in [1.807, 2.05) is 24.3 Å². The molecule has 3 aromatic carbocycles. The summed E-state index contributed by atoms with van der Waals surface area (Å²) in [6.45, 7) is 0. The largest absolute Gasteiger partial charge is 0.276 e. The lowest BCUT2D eigenvalue weighted by atomic mass is 9.77. The molecule has 3 nitrogen and oxygen atoms in total. The van der Waals surface area contributed by atoms with Crippen molar-refractivity contribution in [3.05, 3.63) is 108 Å². The van der Waals surface area contributed by atoms with Crippen LogP contribution in [0.2, 0.25) is 10.0 Å². The zero-order valence-corrected chi connectivity index (χ0v) is 22.7. The van der Waals surface area contributed by atoms with Crippen molar-refractivity contribution in [2.75, 3.05) is 0 Å². The van der Waals surface area contributed by atoms with Gasteiger partial charge < -0.3 is 0 Å². The van der Waals surface area contributed by atoms with E-state index < -0.39 is 0 Å². The van der Waals surface area contributed by atoms with Gasteiger partial charge in [0.25, 0.3) is 5.91 Å². The van der Waals surface area contributed by atoms with Crippen molar-refractivity contribution in [2.45, 2.75) is 25.3 Å². The van der Waals surface area contributed by atoms with Gasteiger partial charge in [0, 0.05) is 19.9 Å². The van der Waals surface area contributed by atoms with Gasteiger partial charge in [-0.2, -0.15) is 5.10 Å². The van der Waals surface area contributed by atoms with Gasteiger partial charge in [-0.25, -0.2) is 5.01 Å². The minimum atomic E-state index is -0.223. The Hall–Kier alpha value is -1.92. The lowest BCUT2D eigenvalue weighted by Gasteiger charge is -2.30. The summed E-state index contributed by atoms with van der Waals surface area (Å²) in [5, 5.41) is 7.39. The molecule has 0 N–H and O–H groups in total. The first-order chi connectivity index (χ1) is 16.4. The molecule has 2 aliphatic rings. The first-order valence-electron chi connectivity index (χ1n) is 11.0. The van der Waals surface area contributed by atoms with Crippen LogP contribution in [0.25, 0.3) is 6.08 Å². The van der Waals surface area contributed by atoms with Crippen LogP contribution >= 0.6 is 55.1 Å². The Morgan fingerprint density at radius 1 is 0.971 bits per heavy atom. The molecule has 0 saturated heterocycles. The third-order valence-electron chi connectivity index (χ3n) is 6.29. The maximum absolute atomic E-state index is 13.7. The number of fused-ring (bicyclic) bond motifs is 1. The quantitative estimate of drug-likeness (QED) is 0.288. The number of carbonyl (C=O) groups excluding carboxylic acids is 1. The first kappa shape index (κ1) is 23.8. The minimum absolute atomic E-state index is 0.117. The van der Waals surface area contributed by atoms with Gasteiger partial charge in [0.05, 0.1) is 22.3 Å². The van der Waals surface area contributed by atoms with Crippen LogP contribution in [-0.2, 0) is 0 Å². The molecule has 5 rings (SSSR count). The normalized spacial score (nSPS) is 20.9. The summed E-state index contributed by atoms with van der Waals surface area (Å²) in [7, 11) is 0. The predicted octanol–water partition coefficient (Wildman–Crippen LogP) is 8.96. The maximum atomic E-state index is 13.7. The van der Waals surface area contributed by atoms with Gasteiger partial charge in [0.15, 0.2) is 0 Å². The Balaban J connectivity index is 1.59. The third-order valence-corrected chi connectivity index (χ3v) is 7.90. The summed E-state index contributed by atoms with van der Waals surface area (Å²) in [5.74, 6) is -0.105. The van der Waals surface area contributed by atoms with E-state index in [4.69, 9.17) is 28.3 Å². The molecule has 0 unspecified atom stereocenters. The molecule has 34 heavy (non-hydrogen) atoms. The van der Waals surface area contributed by atoms with Crippen LogP contribution in [0.15, 0.2) is 86.3 Å². The lowest BCUT2D eigenvalue weighted by Crippen LogP contribution is -2.32. The number of carbonyl (C=O) groups is 1. The number of halogens is 4. The molecular formula is C27H20Br2Cl2N2O. The standard InChI is InChI=1S/C27H20Br2Cl2N2O/c28-19-8-4-16(5-9-19)14-18-2-1-3-23-25(18)32-33(26(23)17-6-10-20(29)11-7-17)27(34)22-13-12-21(30)15-24(22)31/h4-15,23,26H,1-3H2/b18-14-/t23-,26-/m0/s1. The highest BCUT2D eigenvalue weighted by Crippen LogP contribution is 2.45. The first-order valence-corrected chi connectivity index (χ1v) is 13.3. The number of rotatable bonds is 3. The molecule has 1 heterocycles. The molecule has 0 spiro atoms. The van der Waals surface area contributed by atoms with E-state index in [-0.39, 0.29) is 17.9 Å². The van der Waals surface area contributed by atoms with E-state index in [9.17, 15) is 4.79 Å². The topological polar surface area (TPSA) is 32.7 Å². The van der Waals surface area contributed by atoms with E-state index in [2.05, 4.69) is 62.2 Å². The molecule has 172 valence electrons. The van der Waals surface area contributed by atoms with Crippen molar-refractivity contribution in [3.8, 4) is 0 Å². The Morgan fingerprint density at radius 2 is 1.65 bits per heavy atom. The molecule has 2 atom stereocenters. The molecule has 1 fully saturated rings. The van der Waals surface area contributed by atoms with Gasteiger partial charge in [0.2, 0.25) is 0 Å². The summed E-state index contributed by atoms with van der Waals surface area (Å²) in [4.78, 5) is 13.7. The van der Waals surface area contributed by atoms with Crippen LogP contribution in [0, 0.1) is 5.92 Å². The molecule has 3 aromatic rings. The summed E-state index contributed by atoms with van der Waals surface area (Å²) in [6, 6.07) is 21.1. The summed E-state index contributed by atoms with van der Waals surface area (Å²) in [5.41, 5.74) is 4.73. The Morgan fingerprint density at radius 3 is 2.32 bits per heavy atom. The van der Waals surface area contributed by atoms with E-state index in [1.54, 1.807) is 23.2 Å². The van der Waals surface area contributed by atoms with E-state index in [1.165, 1.54) is 5.57 Å². The summed E-state index contributed by atoms with van der Waals surface area (Å²) >= 11 is 19.5. The zero-order valence-electron chi connectivity index (χ0n) is 18.0. The molecule has 0 radical (unpaired) electrons. The molecule has 0 bridgehead atoms. The fraction of sp³-hybridized carbons (Fsp3) is 0.185. The molecule has 1 aliphatic heterocycles. The van der Waals surface area contributed by atoms with Crippen LogP contribution in [0.5, 0.6) is 0 Å². The second-order valence-electron chi connectivity index (χ2n) is 8.48. The second-order valence-corrected chi connectivity index (χ2v) is 11.2. The zero-order chi connectivity index (χ0) is 23.8. The van der Waals surface area contributed by atoms with Crippen molar-refractivity contribution in [1.29, 1.82) is 0 Å². The van der Waals surface area contributed by atoms with Gasteiger partial charge in [-0.3, -0.25) is 4.79 Å². The highest BCUT2D eigenvalue weighted by atomic mass is 79.9. The van der Waals surface area contributed by atoms with Crippen LogP contribution in [0.4, 0.5) is 0 Å². The Kier molecular flexibility index (Phi) is 6.99. The number of hydrogen-bond donors (Lipinski definition) is 0. The van der Waals surface area contributed by atoms with Gasteiger partial charge in [-0.1, -0.05) is 79.3 Å². The number of amides is 1. The van der Waals surface area contributed by atoms with Crippen LogP contribution < -0.4 is 0 Å². The van der Waals surface area contributed by atoms with Gasteiger partial charge in [0.1, 0.15) is 0 Å². The molecule has 1 aliphatic carbocycles. The lowest BCUT2D eigenvalue weighted by molar-refractivity contribution is 0.0681. The van der Waals surface area contributed by atoms with Crippen molar-refractivity contribution in [3.63, 3.8) is 0 Å². The van der Waals surface area contributed by atoms with E-state index >= 15 is 0 Å². The fourth-order valence-electron chi connectivity index (χ4n) is 4.71. The van der Waals surface area contributed by atoms with Crippen molar-refractivity contribution >= 4 is 72.8 Å². The Labute approximate surface area is 225 Å². The monoisotopic (exact) mass is 616 g/mol. The van der Waals surface area contributed by atoms with Gasteiger partial charge in [-0.05, 0) is 84.5 Å². The van der Waals surface area contributed by atoms with E-state index in [0.29, 0.717) is 15.6 Å². The molecule has 1 amide bonds. The predicted molar refractivity (Wildman–Crippen MR) is 146 cm³/mol. The summed E-state index contributed by atoms with van der Waals surface area (Å²) < 4.78 is 2.04. The average Bonchev–Trinajstić information content (AvgIpc) is 3.21. The van der Waals surface area contributed by atoms with Crippen LogP contribution in [0.3, 0.4) is 0 Å². The van der Waals surface area contributed by atoms with Crippen molar-refractivity contribution in [1.82, 2.24) is 5.01 Å². The van der Waals surface area contributed by atoms with Crippen LogP contribution in [0.1, 0.15) is 46.8 Å². The second kappa shape index (κ2) is 9.98. The van der Waals surface area contributed by atoms with E-state index in [0.717, 1.165) is 45.0 Å². The average molecular weight is 619 g/mol. The highest BCUT2D eigenvalue weighted by Gasteiger charge is 2.44. The molecule has 7 heteroatoms. The summed E-state index contributed by atoms with van der Waals surface area (Å²) in [6.07, 6.45) is 5.14. The molecule has 1 saturated carbocycles. The van der Waals surface area contributed by atoms with Gasteiger partial charge >= 0.3 is 0 Å². The minimum Gasteiger partial charge on any atom is -0.267 e. The van der Waals surface area contributed by atoms with Crippen molar-refractivity contribution < 1.29 is 4.79 Å². The number of hydrazone groups is 1. The SMILES string of the molecule is O=C(c1ccc(Cl)cc1Cl)N1N=C2/C(=C\c3ccc(Br)cc3)CCC[C@@H]2[C@@H]1c1ccc(Br)cc1. The molecular weight excluding hydrogens is 599 g/mol. The number of benzene rings is 3. The Bertz CT molecular complexity index is 1300. The number of nitrogens with zero attached hydrogens (tertiary/aromatic N) is 2. The van der Waals surface area contributed by atoms with Crippen LogP contribution in [-0.4, -0.2) is 16.6 Å². The van der Waals surface area contributed by atoms with Gasteiger partial charge in [-0.15, -0.1) is 0 Å². The highest BCUT2D eigenvalue weighted by molar-refractivity contribution is 9.10. The van der Waals surface area contributed by atoms with Crippen molar-refractivity contribution in [2.24, 2.45) is 11.0 Å².